The zero-order valence-electron chi connectivity index (χ0n) is 11.9. The highest BCUT2D eigenvalue weighted by Gasteiger charge is 2.22. The summed E-state index contributed by atoms with van der Waals surface area (Å²) in [4.78, 5) is 5.09. The van der Waals surface area contributed by atoms with E-state index in [4.69, 9.17) is 0 Å². The van der Waals surface area contributed by atoms with Crippen LogP contribution in [0.1, 0.15) is 24.3 Å². The van der Waals surface area contributed by atoms with Crippen LogP contribution < -0.4 is 5.32 Å². The van der Waals surface area contributed by atoms with E-state index in [9.17, 15) is 0 Å². The summed E-state index contributed by atoms with van der Waals surface area (Å²) < 4.78 is 0. The number of nitrogens with zero attached hydrogens (tertiary/aromatic N) is 2. The molecule has 1 unspecified atom stereocenters. The van der Waals surface area contributed by atoms with Crippen molar-refractivity contribution in [2.45, 2.75) is 18.8 Å². The molecule has 0 bridgehead atoms. The molecule has 3 heteroatoms. The van der Waals surface area contributed by atoms with Crippen molar-refractivity contribution in [3.8, 4) is 0 Å². The van der Waals surface area contributed by atoms with Crippen LogP contribution in [0.25, 0.3) is 0 Å². The zero-order valence-corrected chi connectivity index (χ0v) is 11.9. The molecule has 2 heterocycles. The van der Waals surface area contributed by atoms with Gasteiger partial charge in [-0.15, -0.1) is 0 Å². The Labute approximate surface area is 116 Å². The minimum absolute atomic E-state index is 0.706. The molecule has 2 aliphatic rings. The van der Waals surface area contributed by atoms with E-state index in [1.54, 1.807) is 0 Å². The third-order valence-electron chi connectivity index (χ3n) is 4.55. The summed E-state index contributed by atoms with van der Waals surface area (Å²) >= 11 is 0. The van der Waals surface area contributed by atoms with E-state index in [1.807, 2.05) is 0 Å². The predicted octanol–water partition coefficient (Wildman–Crippen LogP) is 2.22. The van der Waals surface area contributed by atoms with Crippen molar-refractivity contribution in [1.29, 1.82) is 0 Å². The van der Waals surface area contributed by atoms with Crippen LogP contribution in [0.2, 0.25) is 0 Å². The number of fused-ring (bicyclic) bond motifs is 1. The summed E-state index contributed by atoms with van der Waals surface area (Å²) in [7, 11) is 2.24. The highest BCUT2D eigenvalue weighted by molar-refractivity contribution is 5.57. The topological polar surface area (TPSA) is 18.5 Å². The lowest BCUT2D eigenvalue weighted by Crippen LogP contribution is -2.30. The normalized spacial score (nSPS) is 24.8. The van der Waals surface area contributed by atoms with Crippen molar-refractivity contribution in [2.24, 2.45) is 0 Å². The third kappa shape index (κ3) is 3.10. The molecule has 1 aromatic carbocycles. The standard InChI is InChI=1S/C16H25N3/c1-18-8-4-9-19(12-11-18)10-7-14-13-17-16-6-3-2-5-15(14)16/h2-3,5-6,14,17H,4,7-13H2,1H3. The van der Waals surface area contributed by atoms with Crippen LogP contribution in [-0.2, 0) is 0 Å². The SMILES string of the molecule is CN1CCCN(CCC2CNc3ccccc32)CC1. The van der Waals surface area contributed by atoms with E-state index in [-0.39, 0.29) is 0 Å². The van der Waals surface area contributed by atoms with Gasteiger partial charge in [0.05, 0.1) is 0 Å². The largest absolute Gasteiger partial charge is 0.384 e. The van der Waals surface area contributed by atoms with Gasteiger partial charge in [-0.05, 0) is 51.2 Å². The number of hydrogen-bond acceptors (Lipinski definition) is 3. The molecule has 0 aromatic heterocycles. The summed E-state index contributed by atoms with van der Waals surface area (Å²) in [5, 5.41) is 3.53. The highest BCUT2D eigenvalue weighted by atomic mass is 15.2. The van der Waals surface area contributed by atoms with Crippen molar-refractivity contribution in [1.82, 2.24) is 9.80 Å². The number of benzene rings is 1. The van der Waals surface area contributed by atoms with Crippen LogP contribution in [0.5, 0.6) is 0 Å². The van der Waals surface area contributed by atoms with Crippen LogP contribution in [-0.4, -0.2) is 56.1 Å². The maximum atomic E-state index is 3.53. The van der Waals surface area contributed by atoms with Gasteiger partial charge in [-0.1, -0.05) is 18.2 Å². The smallest absolute Gasteiger partial charge is 0.0376 e. The van der Waals surface area contributed by atoms with Gasteiger partial charge in [0.15, 0.2) is 0 Å². The van der Waals surface area contributed by atoms with Gasteiger partial charge in [-0.3, -0.25) is 0 Å². The zero-order chi connectivity index (χ0) is 13.1. The van der Waals surface area contributed by atoms with Gasteiger partial charge in [0.25, 0.3) is 0 Å². The number of hydrogen-bond donors (Lipinski definition) is 1. The Bertz CT molecular complexity index is 418. The van der Waals surface area contributed by atoms with Gasteiger partial charge in [0.1, 0.15) is 0 Å². The first-order chi connectivity index (χ1) is 9.33. The van der Waals surface area contributed by atoms with Crippen LogP contribution in [0.15, 0.2) is 24.3 Å². The minimum Gasteiger partial charge on any atom is -0.384 e. The first kappa shape index (κ1) is 12.9. The summed E-state index contributed by atoms with van der Waals surface area (Å²) in [6.45, 7) is 7.34. The average Bonchev–Trinajstić information content (AvgIpc) is 2.73. The first-order valence-corrected chi connectivity index (χ1v) is 7.56. The lowest BCUT2D eigenvalue weighted by Gasteiger charge is -2.22. The molecule has 0 radical (unpaired) electrons. The molecule has 0 aliphatic carbocycles. The Kier molecular flexibility index (Phi) is 4.04. The average molecular weight is 259 g/mol. The lowest BCUT2D eigenvalue weighted by molar-refractivity contribution is 0.268. The van der Waals surface area contributed by atoms with Crippen LogP contribution in [0, 0.1) is 0 Å². The van der Waals surface area contributed by atoms with E-state index in [0.29, 0.717) is 5.92 Å². The Morgan fingerprint density at radius 1 is 1.16 bits per heavy atom. The molecular weight excluding hydrogens is 234 g/mol. The molecule has 3 nitrogen and oxygen atoms in total. The van der Waals surface area contributed by atoms with Crippen LogP contribution in [0.3, 0.4) is 0 Å². The van der Waals surface area contributed by atoms with Gasteiger partial charge < -0.3 is 15.1 Å². The number of para-hydroxylation sites is 1. The Hall–Kier alpha value is -1.06. The first-order valence-electron chi connectivity index (χ1n) is 7.56. The lowest BCUT2D eigenvalue weighted by atomic mass is 9.98. The maximum absolute atomic E-state index is 3.53. The monoisotopic (exact) mass is 259 g/mol. The fraction of sp³-hybridized carbons (Fsp3) is 0.625. The van der Waals surface area contributed by atoms with Gasteiger partial charge in [0.2, 0.25) is 0 Å². The molecule has 1 fully saturated rings. The summed E-state index contributed by atoms with van der Waals surface area (Å²) in [6.07, 6.45) is 2.60. The van der Waals surface area contributed by atoms with Crippen molar-refractivity contribution in [3.05, 3.63) is 29.8 Å². The number of rotatable bonds is 3. The van der Waals surface area contributed by atoms with Crippen molar-refractivity contribution < 1.29 is 0 Å². The molecule has 104 valence electrons. The van der Waals surface area contributed by atoms with Crippen molar-refractivity contribution >= 4 is 5.69 Å². The molecule has 19 heavy (non-hydrogen) atoms. The predicted molar refractivity (Wildman–Crippen MR) is 80.8 cm³/mol. The maximum Gasteiger partial charge on any atom is 0.0376 e. The molecule has 2 aliphatic heterocycles. The minimum atomic E-state index is 0.706. The number of anilines is 1. The fourth-order valence-electron chi connectivity index (χ4n) is 3.28. The molecule has 0 amide bonds. The molecular formula is C16H25N3. The second kappa shape index (κ2) is 5.93. The molecule has 0 saturated carbocycles. The Balaban J connectivity index is 1.53. The van der Waals surface area contributed by atoms with E-state index in [0.717, 1.165) is 6.54 Å². The van der Waals surface area contributed by atoms with E-state index in [1.165, 1.54) is 56.8 Å². The molecule has 1 atom stereocenters. The second-order valence-corrected chi connectivity index (χ2v) is 5.95. The van der Waals surface area contributed by atoms with E-state index < -0.39 is 0 Å². The number of nitrogens with one attached hydrogen (secondary N) is 1. The quantitative estimate of drug-likeness (QED) is 0.898. The Morgan fingerprint density at radius 3 is 3.00 bits per heavy atom. The fourth-order valence-corrected chi connectivity index (χ4v) is 3.28. The highest BCUT2D eigenvalue weighted by Crippen LogP contribution is 2.33. The summed E-state index contributed by atoms with van der Waals surface area (Å²) in [6, 6.07) is 8.78. The molecule has 1 aromatic rings. The summed E-state index contributed by atoms with van der Waals surface area (Å²) in [5.41, 5.74) is 2.87. The van der Waals surface area contributed by atoms with E-state index in [2.05, 4.69) is 46.4 Å². The van der Waals surface area contributed by atoms with Gasteiger partial charge >= 0.3 is 0 Å². The van der Waals surface area contributed by atoms with Crippen LogP contribution in [0.4, 0.5) is 5.69 Å². The molecule has 0 spiro atoms. The Morgan fingerprint density at radius 2 is 2.05 bits per heavy atom. The molecule has 3 rings (SSSR count). The number of likely N-dealkylation sites (N-methyl/N-ethyl adjacent to an activating group) is 1. The van der Waals surface area contributed by atoms with Crippen molar-refractivity contribution in [2.75, 3.05) is 51.6 Å². The molecule has 1 N–H and O–H groups in total. The third-order valence-corrected chi connectivity index (χ3v) is 4.55. The van der Waals surface area contributed by atoms with Crippen molar-refractivity contribution in [3.63, 3.8) is 0 Å². The molecule has 1 saturated heterocycles. The van der Waals surface area contributed by atoms with E-state index >= 15 is 0 Å². The summed E-state index contributed by atoms with van der Waals surface area (Å²) in [5.74, 6) is 0.706. The van der Waals surface area contributed by atoms with Gasteiger partial charge in [0, 0.05) is 31.2 Å². The van der Waals surface area contributed by atoms with Gasteiger partial charge in [-0.2, -0.15) is 0 Å². The van der Waals surface area contributed by atoms with Gasteiger partial charge in [-0.25, -0.2) is 0 Å². The second-order valence-electron chi connectivity index (χ2n) is 5.95. The van der Waals surface area contributed by atoms with Crippen LogP contribution >= 0.6 is 0 Å².